The van der Waals surface area contributed by atoms with E-state index in [0.29, 0.717) is 26.1 Å². The maximum Gasteiger partial charge on any atom is 0.309 e. The van der Waals surface area contributed by atoms with Crippen molar-refractivity contribution in [2.75, 3.05) is 55.1 Å². The molecular weight excluding hydrogens is 1020 g/mol. The second-order valence-corrected chi connectivity index (χ2v) is 21.5. The molecule has 16 atom stereocenters. The highest BCUT2D eigenvalue weighted by molar-refractivity contribution is 5.73. The van der Waals surface area contributed by atoms with Crippen LogP contribution in [0.2, 0.25) is 0 Å². The highest BCUT2D eigenvalue weighted by Gasteiger charge is 2.56. The first-order valence-electron chi connectivity index (χ1n) is 27.7. The van der Waals surface area contributed by atoms with E-state index in [9.17, 15) is 28.8 Å². The van der Waals surface area contributed by atoms with E-state index in [-0.39, 0.29) is 38.0 Å². The van der Waals surface area contributed by atoms with E-state index in [1.54, 1.807) is 48.7 Å². The molecule has 0 amide bonds. The molecule has 1 aromatic carbocycles. The molecule has 0 N–H and O–H groups in total. The molecule has 4 rings (SSSR count). The molecule has 0 aliphatic carbocycles. The lowest BCUT2D eigenvalue weighted by molar-refractivity contribution is -0.346. The van der Waals surface area contributed by atoms with Crippen LogP contribution in [0.1, 0.15) is 133 Å². The van der Waals surface area contributed by atoms with Crippen molar-refractivity contribution in [3.8, 4) is 0 Å². The van der Waals surface area contributed by atoms with Crippen LogP contribution in [-0.4, -0.2) is 192 Å². The van der Waals surface area contributed by atoms with Crippen molar-refractivity contribution in [1.29, 1.82) is 0 Å². The monoisotopic (exact) mass is 1110 g/mol. The van der Waals surface area contributed by atoms with Gasteiger partial charge in [-0.25, -0.2) is 0 Å². The molecule has 3 aliphatic heterocycles. The van der Waals surface area contributed by atoms with E-state index in [4.69, 9.17) is 61.6 Å². The van der Waals surface area contributed by atoms with Gasteiger partial charge in [0.1, 0.15) is 30.5 Å². The van der Waals surface area contributed by atoms with Crippen molar-refractivity contribution < 1.29 is 90.3 Å². The fraction of sp³-hybridized carbons (Fsp3) is 0.789. The van der Waals surface area contributed by atoms with Gasteiger partial charge in [0.25, 0.3) is 0 Å². The lowest BCUT2D eigenvalue weighted by atomic mass is 9.81. The third-order valence-corrected chi connectivity index (χ3v) is 14.8. The number of hydrogen-bond donors (Lipinski definition) is 0. The van der Waals surface area contributed by atoms with Gasteiger partial charge in [-0.2, -0.15) is 0 Å². The summed E-state index contributed by atoms with van der Waals surface area (Å²) in [7, 11) is 7.98. The quantitative estimate of drug-likeness (QED) is 0.0552. The van der Waals surface area contributed by atoms with Crippen LogP contribution in [0.4, 0.5) is 0 Å². The molecule has 444 valence electrons. The van der Waals surface area contributed by atoms with Crippen molar-refractivity contribution in [3.05, 3.63) is 35.9 Å². The molecule has 3 fully saturated rings. The zero-order valence-corrected chi connectivity index (χ0v) is 49.0. The fourth-order valence-corrected chi connectivity index (χ4v) is 11.0. The Kier molecular flexibility index (Phi) is 27.3. The normalized spacial score (nSPS) is 32.7. The van der Waals surface area contributed by atoms with Gasteiger partial charge < -0.3 is 66.5 Å². The van der Waals surface area contributed by atoms with Crippen LogP contribution in [0, 0.1) is 11.8 Å². The Hall–Kier alpha value is -4.32. The second-order valence-electron chi connectivity index (χ2n) is 21.5. The summed E-state index contributed by atoms with van der Waals surface area (Å²) >= 11 is 0. The number of unbranched alkanes of at least 4 members (excludes halogenated alkanes) is 1. The second kappa shape index (κ2) is 32.2. The maximum atomic E-state index is 14.1. The molecule has 21 heteroatoms. The summed E-state index contributed by atoms with van der Waals surface area (Å²) in [6.07, 6.45) is -9.70. The van der Waals surface area contributed by atoms with Crippen LogP contribution in [-0.2, 0) is 96.8 Å². The van der Waals surface area contributed by atoms with Crippen molar-refractivity contribution in [1.82, 2.24) is 9.80 Å². The number of hydrogen-bond acceptors (Lipinski definition) is 21. The van der Waals surface area contributed by atoms with E-state index >= 15 is 0 Å². The molecule has 3 aliphatic rings. The van der Waals surface area contributed by atoms with E-state index in [0.717, 1.165) is 19.3 Å². The largest absolute Gasteiger partial charge is 0.463 e. The number of cyclic esters (lactones) is 1. The highest BCUT2D eigenvalue weighted by atomic mass is 16.7. The van der Waals surface area contributed by atoms with Crippen LogP contribution in [0.25, 0.3) is 0 Å². The summed E-state index contributed by atoms with van der Waals surface area (Å²) in [5.41, 5.74) is -0.121. The van der Waals surface area contributed by atoms with Gasteiger partial charge in [0.15, 0.2) is 36.7 Å². The summed E-state index contributed by atoms with van der Waals surface area (Å²) < 4.78 is 81.4. The SMILES string of the molecule is CCC(=O)OC1C(C)OC(OC2C(C)OC(O[C@@H]3C(OC)[C@H](OC(=O)CC)CC(=O)O[C@H](C)CCN(CCCCc4ccccc4)C[C@H](OC(C)=O)[C@H](C)C[C@@H]3CC(OC)OC)C(OC(C)=O)C2N(C)C)CC1(C)OC(C)=O. The Balaban J connectivity index is 1.85. The van der Waals surface area contributed by atoms with Gasteiger partial charge in [-0.15, -0.1) is 0 Å². The Morgan fingerprint density at radius 1 is 0.769 bits per heavy atom. The van der Waals surface area contributed by atoms with E-state index in [1.165, 1.54) is 47.7 Å². The number of carbonyl (C=O) groups is 6. The maximum absolute atomic E-state index is 14.1. The third kappa shape index (κ3) is 20.0. The molecule has 0 saturated carbocycles. The Labute approximate surface area is 462 Å². The first-order valence-corrected chi connectivity index (χ1v) is 27.7. The number of ether oxygens (including phenoxy) is 13. The third-order valence-electron chi connectivity index (χ3n) is 14.8. The average Bonchev–Trinajstić information content (AvgIpc) is 3.49. The van der Waals surface area contributed by atoms with Crippen molar-refractivity contribution in [3.63, 3.8) is 0 Å². The fourth-order valence-electron chi connectivity index (χ4n) is 11.0. The molecular formula is C57H92N2O19. The standard InChI is InChI=1S/C57H92N2O19/c1-16-45(63)74-43-31-47(65)69-35(4)26-28-59(27-22-21-25-41-23-19-18-20-24-41)33-44(72-38(7)60)34(3)29-42(30-48(66-13)67-14)52(53(43)68-15)77-56-54(73-39(8)61)50(58(11)12)51(36(5)71-56)76-49-32-57(10,78-40(9)62)55(37(6)70-49)75-46(64)17-2/h18-20,23-24,34-37,42-44,48-56H,16-17,21-22,25-33H2,1-15H3/t34-,35-,36?,37?,42-,43-,44+,49?,50?,51?,52+,53?,54?,55?,56?,57?/m1/s1. The first kappa shape index (κ1) is 66.2. The van der Waals surface area contributed by atoms with Gasteiger partial charge in [0, 0.05) is 80.9 Å². The highest BCUT2D eigenvalue weighted by Crippen LogP contribution is 2.40. The lowest BCUT2D eigenvalue weighted by Crippen LogP contribution is -2.67. The summed E-state index contributed by atoms with van der Waals surface area (Å²) in [5.74, 6) is -4.52. The minimum absolute atomic E-state index is 0.0250. The summed E-state index contributed by atoms with van der Waals surface area (Å²) in [4.78, 5) is 83.1. The first-order chi connectivity index (χ1) is 36.9. The van der Waals surface area contributed by atoms with E-state index < -0.39 is 140 Å². The number of likely N-dealkylation sites (N-methyl/N-ethyl adjacent to an activating group) is 1. The topological polar surface area (TPSA) is 229 Å². The summed E-state index contributed by atoms with van der Waals surface area (Å²) in [6.45, 7) is 17.7. The van der Waals surface area contributed by atoms with Gasteiger partial charge >= 0.3 is 35.8 Å². The van der Waals surface area contributed by atoms with Crippen molar-refractivity contribution in [2.24, 2.45) is 11.8 Å². The molecule has 21 nitrogen and oxygen atoms in total. The molecule has 3 saturated heterocycles. The lowest BCUT2D eigenvalue weighted by Gasteiger charge is -2.51. The minimum Gasteiger partial charge on any atom is -0.463 e. The van der Waals surface area contributed by atoms with Crippen LogP contribution >= 0.6 is 0 Å². The molecule has 0 bridgehead atoms. The van der Waals surface area contributed by atoms with Gasteiger partial charge in [-0.3, -0.25) is 33.7 Å². The molecule has 0 spiro atoms. The predicted molar refractivity (Wildman–Crippen MR) is 283 cm³/mol. The molecule has 78 heavy (non-hydrogen) atoms. The number of esters is 6. The van der Waals surface area contributed by atoms with E-state index in [2.05, 4.69) is 17.0 Å². The molecule has 3 heterocycles. The van der Waals surface area contributed by atoms with Gasteiger partial charge in [-0.05, 0) is 97.8 Å². The van der Waals surface area contributed by atoms with Crippen LogP contribution < -0.4 is 0 Å². The minimum atomic E-state index is -1.39. The number of carbonyl (C=O) groups excluding carboxylic acids is 6. The van der Waals surface area contributed by atoms with Gasteiger partial charge in [0.2, 0.25) is 0 Å². The Morgan fingerprint density at radius 3 is 2.01 bits per heavy atom. The van der Waals surface area contributed by atoms with Crippen LogP contribution in [0.15, 0.2) is 30.3 Å². The van der Waals surface area contributed by atoms with Crippen LogP contribution in [0.5, 0.6) is 0 Å². The van der Waals surface area contributed by atoms with Gasteiger partial charge in [-0.1, -0.05) is 51.1 Å². The van der Waals surface area contributed by atoms with Gasteiger partial charge in [0.05, 0.1) is 30.8 Å². The smallest absolute Gasteiger partial charge is 0.309 e. The van der Waals surface area contributed by atoms with Crippen molar-refractivity contribution >= 4 is 35.8 Å². The number of nitrogens with zero attached hydrogens (tertiary/aromatic N) is 2. The number of aryl methyl sites for hydroxylation is 1. The average molecular weight is 1110 g/mol. The van der Waals surface area contributed by atoms with Crippen molar-refractivity contribution in [2.45, 2.75) is 225 Å². The Morgan fingerprint density at radius 2 is 1.42 bits per heavy atom. The molecule has 0 radical (unpaired) electrons. The summed E-state index contributed by atoms with van der Waals surface area (Å²) in [6, 6.07) is 9.45. The van der Waals surface area contributed by atoms with E-state index in [1.807, 2.05) is 36.9 Å². The number of methoxy groups -OCH3 is 3. The molecule has 10 unspecified atom stereocenters. The predicted octanol–water partition coefficient (Wildman–Crippen LogP) is 6.11. The zero-order chi connectivity index (χ0) is 57.9. The molecule has 0 aromatic heterocycles. The zero-order valence-electron chi connectivity index (χ0n) is 49.0. The molecule has 1 aromatic rings. The number of benzene rings is 1. The Bertz CT molecular complexity index is 2030. The summed E-state index contributed by atoms with van der Waals surface area (Å²) in [5, 5.41) is 0. The van der Waals surface area contributed by atoms with Crippen LogP contribution in [0.3, 0.4) is 0 Å². The number of rotatable bonds is 22.